The van der Waals surface area contributed by atoms with Gasteiger partial charge in [0.15, 0.2) is 11.5 Å². The number of halogens is 2. The average Bonchev–Trinajstić information content (AvgIpc) is 3.27. The number of methoxy groups -OCH3 is 1. The molecule has 0 aliphatic heterocycles. The summed E-state index contributed by atoms with van der Waals surface area (Å²) in [5.41, 5.74) is 1.61. The van der Waals surface area contributed by atoms with Gasteiger partial charge >= 0.3 is 0 Å². The lowest BCUT2D eigenvalue weighted by Crippen LogP contribution is -2.07. The predicted molar refractivity (Wildman–Crippen MR) is 105 cm³/mol. The standard InChI is InChI=1S/C18H16Cl2N2O3S/c1-10(2)24-16-13(19)6-11(8-15(16)23-3)7-14(20)18-21-17(22-25-18)12-4-5-26-9-12/h4-10H,1-3H3/b14-7+. The molecular formula is C18H16Cl2N2O3S. The summed E-state index contributed by atoms with van der Waals surface area (Å²) in [6.45, 7) is 3.84. The number of benzene rings is 1. The Bertz CT molecular complexity index is 921. The first-order valence-electron chi connectivity index (χ1n) is 7.76. The summed E-state index contributed by atoms with van der Waals surface area (Å²) in [4.78, 5) is 4.31. The molecular weight excluding hydrogens is 395 g/mol. The van der Waals surface area contributed by atoms with Gasteiger partial charge in [0.2, 0.25) is 5.82 Å². The Hall–Kier alpha value is -2.02. The molecule has 0 aliphatic carbocycles. The largest absolute Gasteiger partial charge is 0.493 e. The van der Waals surface area contributed by atoms with Gasteiger partial charge in [0.05, 0.1) is 18.2 Å². The molecule has 0 fully saturated rings. The second-order valence-corrected chi connectivity index (χ2v) is 7.22. The first-order chi connectivity index (χ1) is 12.5. The van der Waals surface area contributed by atoms with E-state index in [1.54, 1.807) is 36.7 Å². The molecule has 136 valence electrons. The lowest BCUT2D eigenvalue weighted by molar-refractivity contribution is 0.230. The van der Waals surface area contributed by atoms with Crippen molar-refractivity contribution in [1.82, 2.24) is 10.1 Å². The molecule has 0 amide bonds. The van der Waals surface area contributed by atoms with Crippen molar-refractivity contribution in [3.63, 3.8) is 0 Å². The summed E-state index contributed by atoms with van der Waals surface area (Å²) in [6, 6.07) is 5.43. The van der Waals surface area contributed by atoms with Crippen molar-refractivity contribution in [1.29, 1.82) is 0 Å². The summed E-state index contributed by atoms with van der Waals surface area (Å²) in [7, 11) is 1.55. The summed E-state index contributed by atoms with van der Waals surface area (Å²) in [5, 5.41) is 8.55. The lowest BCUT2D eigenvalue weighted by Gasteiger charge is -2.15. The van der Waals surface area contributed by atoms with Gasteiger partial charge in [-0.2, -0.15) is 16.3 Å². The van der Waals surface area contributed by atoms with Crippen LogP contribution in [0, 0.1) is 0 Å². The fraction of sp³-hybridized carbons (Fsp3) is 0.222. The molecule has 8 heteroatoms. The van der Waals surface area contributed by atoms with Crippen LogP contribution in [-0.2, 0) is 0 Å². The van der Waals surface area contributed by atoms with E-state index < -0.39 is 0 Å². The van der Waals surface area contributed by atoms with E-state index in [0.29, 0.717) is 27.4 Å². The molecule has 26 heavy (non-hydrogen) atoms. The zero-order valence-electron chi connectivity index (χ0n) is 14.3. The van der Waals surface area contributed by atoms with Crippen LogP contribution in [0.15, 0.2) is 33.5 Å². The van der Waals surface area contributed by atoms with Crippen LogP contribution < -0.4 is 9.47 Å². The van der Waals surface area contributed by atoms with E-state index in [9.17, 15) is 0 Å². The molecule has 3 aromatic rings. The number of hydrogen-bond donors (Lipinski definition) is 0. The van der Waals surface area contributed by atoms with E-state index in [2.05, 4.69) is 10.1 Å². The molecule has 3 rings (SSSR count). The van der Waals surface area contributed by atoms with Crippen molar-refractivity contribution >= 4 is 45.6 Å². The van der Waals surface area contributed by atoms with Gasteiger partial charge in [-0.25, -0.2) is 0 Å². The van der Waals surface area contributed by atoms with Gasteiger partial charge in [-0.05, 0) is 49.1 Å². The Morgan fingerprint density at radius 3 is 2.81 bits per heavy atom. The summed E-state index contributed by atoms with van der Waals surface area (Å²) < 4.78 is 16.3. The highest BCUT2D eigenvalue weighted by Crippen LogP contribution is 2.38. The molecule has 2 heterocycles. The van der Waals surface area contributed by atoms with Crippen LogP contribution in [0.25, 0.3) is 22.5 Å². The predicted octanol–water partition coefficient (Wildman–Crippen LogP) is 5.98. The number of rotatable bonds is 6. The molecule has 0 saturated heterocycles. The van der Waals surface area contributed by atoms with Crippen molar-refractivity contribution in [2.45, 2.75) is 20.0 Å². The smallest absolute Gasteiger partial charge is 0.269 e. The van der Waals surface area contributed by atoms with Crippen LogP contribution >= 0.6 is 34.5 Å². The van der Waals surface area contributed by atoms with Crippen molar-refractivity contribution in [2.75, 3.05) is 7.11 Å². The molecule has 0 atom stereocenters. The van der Waals surface area contributed by atoms with Gasteiger partial charge in [-0.15, -0.1) is 0 Å². The molecule has 5 nitrogen and oxygen atoms in total. The highest BCUT2D eigenvalue weighted by atomic mass is 35.5. The molecule has 1 aromatic carbocycles. The number of nitrogens with zero attached hydrogens (tertiary/aromatic N) is 2. The number of aromatic nitrogens is 2. The molecule has 2 aromatic heterocycles. The molecule has 0 N–H and O–H groups in total. The summed E-state index contributed by atoms with van der Waals surface area (Å²) in [5.74, 6) is 1.73. The van der Waals surface area contributed by atoms with E-state index in [1.807, 2.05) is 30.7 Å². The quantitative estimate of drug-likeness (QED) is 0.499. The Kier molecular flexibility index (Phi) is 5.86. The third-order valence-corrected chi connectivity index (χ3v) is 4.54. The highest BCUT2D eigenvalue weighted by Gasteiger charge is 2.15. The Balaban J connectivity index is 1.90. The molecule has 0 radical (unpaired) electrons. The van der Waals surface area contributed by atoms with Crippen molar-refractivity contribution in [2.24, 2.45) is 0 Å². The van der Waals surface area contributed by atoms with E-state index in [-0.39, 0.29) is 12.0 Å². The molecule has 0 aliphatic rings. The minimum atomic E-state index is -0.0275. The second kappa shape index (κ2) is 8.12. The zero-order chi connectivity index (χ0) is 18.7. The SMILES string of the molecule is COc1cc(/C=C(/Cl)c2nc(-c3ccsc3)no2)cc(Cl)c1OC(C)C. The van der Waals surface area contributed by atoms with Crippen LogP contribution in [0.3, 0.4) is 0 Å². The Morgan fingerprint density at radius 1 is 1.35 bits per heavy atom. The van der Waals surface area contributed by atoms with Gasteiger partial charge in [0, 0.05) is 10.9 Å². The second-order valence-electron chi connectivity index (χ2n) is 5.63. The molecule has 0 spiro atoms. The maximum absolute atomic E-state index is 6.34. The first-order valence-corrected chi connectivity index (χ1v) is 9.46. The zero-order valence-corrected chi connectivity index (χ0v) is 16.7. The van der Waals surface area contributed by atoms with Crippen LogP contribution in [-0.4, -0.2) is 23.4 Å². The minimum Gasteiger partial charge on any atom is -0.493 e. The topological polar surface area (TPSA) is 57.4 Å². The van der Waals surface area contributed by atoms with E-state index in [4.69, 9.17) is 37.2 Å². The fourth-order valence-corrected chi connectivity index (χ4v) is 3.31. The molecule has 0 bridgehead atoms. The highest BCUT2D eigenvalue weighted by molar-refractivity contribution is 7.08. The Labute approximate surface area is 165 Å². The van der Waals surface area contributed by atoms with E-state index in [0.717, 1.165) is 11.1 Å². The fourth-order valence-electron chi connectivity index (χ4n) is 2.21. The van der Waals surface area contributed by atoms with Crippen molar-refractivity contribution in [3.05, 3.63) is 45.4 Å². The number of thiophene rings is 1. The van der Waals surface area contributed by atoms with Crippen LogP contribution in [0.2, 0.25) is 5.02 Å². The van der Waals surface area contributed by atoms with Crippen LogP contribution in [0.1, 0.15) is 25.3 Å². The lowest BCUT2D eigenvalue weighted by atomic mass is 10.2. The number of hydrogen-bond acceptors (Lipinski definition) is 6. The van der Waals surface area contributed by atoms with Gasteiger partial charge in [-0.1, -0.05) is 28.4 Å². The average molecular weight is 411 g/mol. The molecule has 0 unspecified atom stereocenters. The van der Waals surface area contributed by atoms with E-state index in [1.165, 1.54) is 0 Å². The third kappa shape index (κ3) is 4.20. The van der Waals surface area contributed by atoms with E-state index >= 15 is 0 Å². The van der Waals surface area contributed by atoms with Gasteiger partial charge in [0.1, 0.15) is 5.03 Å². The third-order valence-electron chi connectivity index (χ3n) is 3.31. The maximum atomic E-state index is 6.34. The van der Waals surface area contributed by atoms with Gasteiger partial charge in [0.25, 0.3) is 5.89 Å². The number of ether oxygens (including phenoxy) is 2. The van der Waals surface area contributed by atoms with Crippen LogP contribution in [0.5, 0.6) is 11.5 Å². The van der Waals surface area contributed by atoms with Gasteiger partial charge in [-0.3, -0.25) is 0 Å². The van der Waals surface area contributed by atoms with Crippen molar-refractivity contribution < 1.29 is 14.0 Å². The summed E-state index contributed by atoms with van der Waals surface area (Å²) >= 11 is 14.2. The maximum Gasteiger partial charge on any atom is 0.269 e. The van der Waals surface area contributed by atoms with Crippen LogP contribution in [0.4, 0.5) is 0 Å². The molecule has 0 saturated carbocycles. The normalized spacial score (nSPS) is 11.8. The minimum absolute atomic E-state index is 0.0275. The first kappa shape index (κ1) is 18.8. The Morgan fingerprint density at radius 2 is 2.15 bits per heavy atom. The van der Waals surface area contributed by atoms with Gasteiger partial charge < -0.3 is 14.0 Å². The summed E-state index contributed by atoms with van der Waals surface area (Å²) in [6.07, 6.45) is 1.65. The monoisotopic (exact) mass is 410 g/mol. The van der Waals surface area contributed by atoms with Crippen molar-refractivity contribution in [3.8, 4) is 22.9 Å².